The molecular weight excluding hydrogens is 1380 g/mol. The van der Waals surface area contributed by atoms with E-state index < -0.39 is 77.9 Å². The quantitative estimate of drug-likeness (QED) is 0.0214. The molecule has 0 aliphatic carbocycles. The molecule has 35 nitrogen and oxygen atoms in total. The minimum absolute atomic E-state index is 0.0355. The zero-order chi connectivity index (χ0) is 80.2. The highest BCUT2D eigenvalue weighted by atomic mass is 33.1. The number of methoxy groups -OCH3 is 2. The second-order valence-corrected chi connectivity index (χ2v) is 24.2. The molecule has 10 atom stereocenters. The summed E-state index contributed by atoms with van der Waals surface area (Å²) in [6.45, 7) is 10.1. The van der Waals surface area contributed by atoms with Crippen LogP contribution >= 0.6 is 45.1 Å². The van der Waals surface area contributed by atoms with E-state index in [1.165, 1.54) is 47.6 Å². The number of amides is 10. The molecule has 1 aromatic rings. The van der Waals surface area contributed by atoms with Gasteiger partial charge in [-0.1, -0.05) is 47.2 Å². The van der Waals surface area contributed by atoms with Crippen LogP contribution in [-0.4, -0.2) is 262 Å². The number of ether oxygens (including phenoxy) is 2. The van der Waals surface area contributed by atoms with Gasteiger partial charge in [0.2, 0.25) is 59.1 Å². The molecule has 26 N–H and O–H groups in total. The number of nitrogens with zero attached hydrogens (tertiary/aromatic N) is 1. The fraction of sp³-hybridized carbons (Fsp3) is 0.574. The number of carbonyl (C=O) groups excluding carboxylic acids is 11. The Bertz CT molecular complexity index is 2600. The average Bonchev–Trinajstić information content (AvgIpc) is 0.972. The van der Waals surface area contributed by atoms with E-state index in [1.54, 1.807) is 173 Å². The molecule has 0 aromatic carbocycles. The second kappa shape index (κ2) is 65.7. The highest BCUT2D eigenvalue weighted by molar-refractivity contribution is 8.76. The number of primary amides is 5. The third-order valence-electron chi connectivity index (χ3n) is 12.5. The van der Waals surface area contributed by atoms with E-state index in [0.29, 0.717) is 23.8 Å². The number of likely N-dealkylation sites (N-methyl/N-ethyl adjacent to an activating group) is 6. The highest BCUT2D eigenvalue weighted by Crippen LogP contribution is 2.29. The molecule has 0 radical (unpaired) electrons. The fourth-order valence-electron chi connectivity index (χ4n) is 6.73. The number of thioether (sulfide) groups is 2. The van der Waals surface area contributed by atoms with Gasteiger partial charge in [-0.05, 0) is 137 Å². The molecule has 0 unspecified atom stereocenters. The van der Waals surface area contributed by atoms with E-state index in [0.717, 1.165) is 5.03 Å². The van der Waals surface area contributed by atoms with Gasteiger partial charge in [0, 0.05) is 69.8 Å². The Hall–Kier alpha value is -7.86. The predicted octanol–water partition coefficient (Wildman–Crippen LogP) is -5.69. The lowest BCUT2D eigenvalue weighted by atomic mass is 10.2. The molecule has 0 aliphatic rings. The first kappa shape index (κ1) is 88.2. The van der Waals surface area contributed by atoms with Gasteiger partial charge in [-0.15, -0.1) is 11.8 Å². The lowest BCUT2D eigenvalue weighted by Crippen LogP contribution is -2.53. The minimum Gasteiger partial charge on any atom is -0.468 e. The number of nitrogens with two attached hydrogens (primary N) is 5. The van der Waals surface area contributed by atoms with Crippen molar-refractivity contribution in [1.82, 2.24) is 90.1 Å². The first-order valence-electron chi connectivity index (χ1n) is 33.6. The molecule has 0 aliphatic heterocycles. The normalized spacial score (nSPS) is 14.3. The first-order chi connectivity index (χ1) is 50.4. The van der Waals surface area contributed by atoms with Crippen molar-refractivity contribution in [3.8, 4) is 0 Å². The van der Waals surface area contributed by atoms with Gasteiger partial charge in [-0.2, -0.15) is 11.8 Å². The smallest absolute Gasteiger partial charge is 0.315 e. The molecule has 0 spiro atoms. The summed E-state index contributed by atoms with van der Waals surface area (Å²) in [4.78, 5) is 132. The van der Waals surface area contributed by atoms with Gasteiger partial charge in [0.1, 0.15) is 41.3 Å². The topological polar surface area (TPSA) is 542 Å². The van der Waals surface area contributed by atoms with E-state index in [1.807, 2.05) is 35.9 Å². The molecule has 0 bridgehead atoms. The summed E-state index contributed by atoms with van der Waals surface area (Å²) in [5, 5.41) is 45.5. The number of aromatic nitrogens is 1. The zero-order valence-corrected chi connectivity index (χ0v) is 62.8. The van der Waals surface area contributed by atoms with E-state index in [-0.39, 0.29) is 92.7 Å². The highest BCUT2D eigenvalue weighted by Gasteiger charge is 2.25. The van der Waals surface area contributed by atoms with Crippen molar-refractivity contribution in [2.45, 2.75) is 100 Å². The van der Waals surface area contributed by atoms with E-state index >= 15 is 0 Å². The molecule has 0 saturated heterocycles. The molecule has 570 valence electrons. The van der Waals surface area contributed by atoms with Crippen molar-refractivity contribution in [2.24, 2.45) is 28.6 Å². The zero-order valence-electron chi connectivity index (χ0n) is 64.5. The SMILES string of the molecule is [3H]NC(=O)[C@H](CNC(=O)[C@H](CNC)NC)NC=CC.[3H]NC(=O)[C@H](CNC(=O)[C@H](COC)NC)NC=CC.[3H]NC(=O)[C@H](CNC(=O)[C@H](CSC)NC)NC=CC.[3H]NC(=O)[C@H](CNC(=O)[C@H](CSCC(=O)OC)NC)NC=CC.[3H]NC(=O)[C@H](CNC(=O)[C@H](CSSc1ccccn1)NC)NC=CC. The number of carbonyl (C=O) groups is 11. The molecule has 10 amide bonds. The van der Waals surface area contributed by atoms with Crippen LogP contribution < -0.4 is 114 Å². The van der Waals surface area contributed by atoms with Crippen molar-refractivity contribution < 1.29 is 69.3 Å². The fourth-order valence-corrected chi connectivity index (χ4v) is 10.5. The van der Waals surface area contributed by atoms with Gasteiger partial charge in [-0.3, -0.25) is 52.7 Å². The summed E-state index contributed by atoms with van der Waals surface area (Å²) in [6, 6.07) is 0.133. The maximum absolute atomic E-state index is 12.3. The Morgan fingerprint density at radius 1 is 0.460 bits per heavy atom. The van der Waals surface area contributed by atoms with Gasteiger partial charge in [0.15, 0.2) is 7.06 Å². The lowest BCUT2D eigenvalue weighted by Gasteiger charge is -2.18. The van der Waals surface area contributed by atoms with Gasteiger partial charge in [0.05, 0.1) is 43.6 Å². The van der Waals surface area contributed by atoms with Crippen molar-refractivity contribution in [3.05, 3.63) is 85.8 Å². The van der Waals surface area contributed by atoms with Gasteiger partial charge in [-0.25, -0.2) is 4.98 Å². The van der Waals surface area contributed by atoms with Gasteiger partial charge < -0.3 is 123 Å². The summed E-state index contributed by atoms with van der Waals surface area (Å²) in [6.07, 6.45) is 20.2. The molecule has 1 aromatic heterocycles. The van der Waals surface area contributed by atoms with E-state index in [2.05, 4.69) is 94.8 Å². The maximum atomic E-state index is 12.3. The average molecular weight is 1500 g/mol. The van der Waals surface area contributed by atoms with Crippen LogP contribution in [-0.2, 0) is 62.2 Å². The molecule has 1 rings (SSSR count). The lowest BCUT2D eigenvalue weighted by molar-refractivity contribution is -0.137. The molecule has 100 heavy (non-hydrogen) atoms. The van der Waals surface area contributed by atoms with Crippen LogP contribution in [0.3, 0.4) is 0 Å². The maximum Gasteiger partial charge on any atom is 0.315 e. The Morgan fingerprint density at radius 2 is 0.790 bits per heavy atom. The third kappa shape index (κ3) is 51.3. The van der Waals surface area contributed by atoms with Crippen LogP contribution in [0.5, 0.6) is 0 Å². The van der Waals surface area contributed by atoms with Crippen LogP contribution in [0, 0.1) is 0 Å². The summed E-state index contributed by atoms with van der Waals surface area (Å²) < 4.78 is 43.8. The standard InChI is InChI=1S/C15H23N5O2S2.C13H24N4O4S.C11H23N5O2.C11H22N4O3.C11H22N4O2S/c1-3-7-18-11(14(16)21)9-20-15(22)12(17-2)10-23-24-13-6-4-5-8-19-13;1-4-5-16-9(12(14)19)6-17-13(20)10(15-2)7-22-8-11(18)21-3;1-4-5-15-8(10(12)17)7-16-11(18)9(14-3)6-13-2;2*1-4-5-14-8(10(12)16)6-15-11(17)9(13-2)7-18-3/h3-8,11-12,17-18H,9-10H2,1-2H3,(H2,16,21)(H,20,22);4-5,9-10,15-16H,6-8H2,1-3H3,(H2,14,19)(H,17,20);4-5,8-9,13-15H,6-7H2,1-3H3,(H2,12,17)(H,16,18);2*4-5,8-9,13-14H,6-7H2,1-3H3,(H2,12,16)(H,15,17)/t11-,12-;9-,10-;3*8-,9-/m00000/s1/i/hT5. The second-order valence-electron chi connectivity index (χ2n) is 19.9. The Labute approximate surface area is 612 Å². The van der Waals surface area contributed by atoms with E-state index in [9.17, 15) is 52.7 Å². The Balaban J connectivity index is -0.000000610. The summed E-state index contributed by atoms with van der Waals surface area (Å²) in [5.74, 6) is -2.35. The number of rotatable bonds is 49. The van der Waals surface area contributed by atoms with Crippen molar-refractivity contribution >= 4 is 110 Å². The molecular formula is C61H114N22O13S4. The van der Waals surface area contributed by atoms with Crippen molar-refractivity contribution in [1.29, 1.82) is 0 Å². The first-order valence-corrected chi connectivity index (χ1v) is 36.0. The van der Waals surface area contributed by atoms with Crippen molar-refractivity contribution in [3.63, 3.8) is 0 Å². The van der Waals surface area contributed by atoms with E-state index in [4.69, 9.17) is 11.8 Å². The number of hydrogen-bond donors (Lipinski definition) is 21. The van der Waals surface area contributed by atoms with Crippen molar-refractivity contribution in [2.75, 3.05) is 132 Å². The summed E-state index contributed by atoms with van der Waals surface area (Å²) in [7, 11) is 16.0. The molecule has 0 fully saturated rings. The third-order valence-corrected chi connectivity index (χ3v) is 16.4. The van der Waals surface area contributed by atoms with Crippen LogP contribution in [0.2, 0.25) is 7.06 Å². The number of hydrogen-bond acceptors (Lipinski definition) is 29. The molecule has 39 heteroatoms. The Kier molecular flexibility index (Phi) is 58.0. The summed E-state index contributed by atoms with van der Waals surface area (Å²) >= 11 is 2.83. The van der Waals surface area contributed by atoms with Crippen LogP contribution in [0.15, 0.2) is 90.8 Å². The Morgan fingerprint density at radius 3 is 1.07 bits per heavy atom. The largest absolute Gasteiger partial charge is 0.468 e. The minimum atomic E-state index is -0.743. The molecule has 0 saturated carbocycles. The molecule has 1 heterocycles. The van der Waals surface area contributed by atoms with Gasteiger partial charge in [0.25, 0.3) is 0 Å². The monoisotopic (exact) mass is 1500 g/mol. The number of esters is 1. The summed E-state index contributed by atoms with van der Waals surface area (Å²) in [5.41, 5.74) is 9.01. The number of allylic oxidation sites excluding steroid dienone is 5. The van der Waals surface area contributed by atoms with Crippen LogP contribution in [0.4, 0.5) is 0 Å². The number of pyridine rings is 1. The van der Waals surface area contributed by atoms with Crippen LogP contribution in [0.1, 0.15) is 34.6 Å². The predicted molar refractivity (Wildman–Crippen MR) is 400 cm³/mol. The van der Waals surface area contributed by atoms with Crippen LogP contribution in [0.25, 0.3) is 0 Å². The van der Waals surface area contributed by atoms with Gasteiger partial charge >= 0.3 is 5.97 Å². The number of nitrogens with one attached hydrogen (secondary N) is 16.